The number of hydrogen-bond acceptors (Lipinski definition) is 8. The van der Waals surface area contributed by atoms with Crippen molar-refractivity contribution in [1.29, 1.82) is 0 Å². The van der Waals surface area contributed by atoms with Gasteiger partial charge in [0.2, 0.25) is 15.2 Å². The van der Waals surface area contributed by atoms with E-state index in [4.69, 9.17) is 0 Å². The van der Waals surface area contributed by atoms with Gasteiger partial charge in [0.15, 0.2) is 10.1 Å². The Morgan fingerprint density at radius 2 is 1.91 bits per heavy atom. The number of thioether (sulfide) groups is 1. The van der Waals surface area contributed by atoms with E-state index in [1.807, 2.05) is 12.1 Å². The molecule has 4 rings (SSSR count). The quantitative estimate of drug-likeness (QED) is 0.356. The lowest BCUT2D eigenvalue weighted by molar-refractivity contribution is 0.101. The molecular weight excluding hydrogens is 464 g/mol. The van der Waals surface area contributed by atoms with E-state index < -0.39 is 10.0 Å². The van der Waals surface area contributed by atoms with E-state index >= 15 is 0 Å². The number of hydrogen-bond donors (Lipinski definition) is 1. The number of carbonyl (C=O) groups excluding carboxylic acids is 1. The standard InChI is InChI=1S/C22H24N4O3S3/c1-16-7-2-3-8-18(16)15-30-22-25-24-21(31-22)23-14-20(27)17-9-6-10-19(13-17)32(28,29)26-11-4-5-12-26/h2-3,6-10,13H,4-5,11-12,14-15H2,1H3,(H,23,24). The normalized spacial score (nSPS) is 14.5. The summed E-state index contributed by atoms with van der Waals surface area (Å²) in [5.41, 5.74) is 2.85. The van der Waals surface area contributed by atoms with Gasteiger partial charge in [-0.3, -0.25) is 4.79 Å². The van der Waals surface area contributed by atoms with Gasteiger partial charge >= 0.3 is 0 Å². The molecule has 0 saturated carbocycles. The molecule has 0 bridgehead atoms. The smallest absolute Gasteiger partial charge is 0.243 e. The first-order valence-electron chi connectivity index (χ1n) is 10.3. The van der Waals surface area contributed by atoms with Crippen LogP contribution in [0.1, 0.15) is 34.3 Å². The van der Waals surface area contributed by atoms with Gasteiger partial charge in [-0.1, -0.05) is 59.5 Å². The van der Waals surface area contributed by atoms with Crippen LogP contribution < -0.4 is 5.32 Å². The Kier molecular flexibility index (Phi) is 7.24. The summed E-state index contributed by atoms with van der Waals surface area (Å²) in [5.74, 6) is 0.603. The van der Waals surface area contributed by atoms with Crippen molar-refractivity contribution in [2.24, 2.45) is 0 Å². The molecule has 3 aromatic rings. The lowest BCUT2D eigenvalue weighted by Crippen LogP contribution is -2.28. The molecule has 1 aromatic heterocycles. The molecular formula is C22H24N4O3S3. The first-order valence-corrected chi connectivity index (χ1v) is 13.6. The topological polar surface area (TPSA) is 92.3 Å². The number of nitrogens with zero attached hydrogens (tertiary/aromatic N) is 3. The number of sulfonamides is 1. The molecule has 0 amide bonds. The van der Waals surface area contributed by atoms with Crippen LogP contribution in [0.2, 0.25) is 0 Å². The molecule has 2 aromatic carbocycles. The summed E-state index contributed by atoms with van der Waals surface area (Å²) >= 11 is 3.00. The van der Waals surface area contributed by atoms with E-state index in [2.05, 4.69) is 34.6 Å². The number of benzene rings is 2. The van der Waals surface area contributed by atoms with Crippen molar-refractivity contribution >= 4 is 44.0 Å². The lowest BCUT2D eigenvalue weighted by Gasteiger charge is -2.15. The number of aromatic nitrogens is 2. The SMILES string of the molecule is Cc1ccccc1CSc1nnc(NCC(=O)c2cccc(S(=O)(=O)N3CCCC3)c2)s1. The molecule has 0 unspecified atom stereocenters. The third-order valence-corrected chi connectivity index (χ3v) is 9.24. The lowest BCUT2D eigenvalue weighted by atomic mass is 10.1. The fourth-order valence-corrected chi connectivity index (χ4v) is 6.80. The molecule has 32 heavy (non-hydrogen) atoms. The van der Waals surface area contributed by atoms with Gasteiger partial charge in [-0.2, -0.15) is 4.31 Å². The van der Waals surface area contributed by atoms with Crippen molar-refractivity contribution in [3.05, 3.63) is 65.2 Å². The summed E-state index contributed by atoms with van der Waals surface area (Å²) in [6.45, 7) is 3.16. The van der Waals surface area contributed by atoms with Crippen molar-refractivity contribution in [3.63, 3.8) is 0 Å². The minimum Gasteiger partial charge on any atom is -0.353 e. The predicted octanol–water partition coefficient (Wildman–Crippen LogP) is 4.22. The van der Waals surface area contributed by atoms with Crippen LogP contribution in [0.3, 0.4) is 0 Å². The van der Waals surface area contributed by atoms with Crippen LogP contribution in [-0.2, 0) is 15.8 Å². The predicted molar refractivity (Wildman–Crippen MR) is 128 cm³/mol. The fraction of sp³-hybridized carbons (Fsp3) is 0.318. The van der Waals surface area contributed by atoms with Gasteiger partial charge in [0.25, 0.3) is 0 Å². The van der Waals surface area contributed by atoms with Gasteiger partial charge in [-0.15, -0.1) is 10.2 Å². The summed E-state index contributed by atoms with van der Waals surface area (Å²) in [4.78, 5) is 12.8. The third-order valence-electron chi connectivity index (χ3n) is 5.28. The molecule has 1 fully saturated rings. The molecule has 1 aliphatic rings. The minimum absolute atomic E-state index is 0.0182. The summed E-state index contributed by atoms with van der Waals surface area (Å²) in [7, 11) is -3.55. The molecule has 10 heteroatoms. The van der Waals surface area contributed by atoms with E-state index in [1.54, 1.807) is 30.0 Å². The van der Waals surface area contributed by atoms with E-state index in [1.165, 1.54) is 32.8 Å². The highest BCUT2D eigenvalue weighted by Crippen LogP contribution is 2.29. The van der Waals surface area contributed by atoms with E-state index in [0.29, 0.717) is 23.8 Å². The molecule has 0 spiro atoms. The van der Waals surface area contributed by atoms with Crippen LogP contribution in [0.4, 0.5) is 5.13 Å². The highest BCUT2D eigenvalue weighted by atomic mass is 32.2. The first kappa shape index (κ1) is 22.9. The Morgan fingerprint density at radius 1 is 1.12 bits per heavy atom. The molecule has 0 atom stereocenters. The Morgan fingerprint density at radius 3 is 2.69 bits per heavy atom. The van der Waals surface area contributed by atoms with Gasteiger partial charge in [-0.05, 0) is 43.0 Å². The molecule has 1 aliphatic heterocycles. The maximum atomic E-state index is 12.8. The van der Waals surface area contributed by atoms with Gasteiger partial charge in [0, 0.05) is 24.4 Å². The Hall–Kier alpha value is -2.27. The zero-order valence-corrected chi connectivity index (χ0v) is 20.1. The highest BCUT2D eigenvalue weighted by Gasteiger charge is 2.27. The van der Waals surface area contributed by atoms with Crippen LogP contribution in [-0.4, -0.2) is 48.3 Å². The van der Waals surface area contributed by atoms with Gasteiger partial charge in [0.05, 0.1) is 11.4 Å². The van der Waals surface area contributed by atoms with Crippen LogP contribution >= 0.6 is 23.1 Å². The average Bonchev–Trinajstić information content (AvgIpc) is 3.50. The molecule has 0 radical (unpaired) electrons. The van der Waals surface area contributed by atoms with Gasteiger partial charge < -0.3 is 5.32 Å². The van der Waals surface area contributed by atoms with Gasteiger partial charge in [-0.25, -0.2) is 8.42 Å². The van der Waals surface area contributed by atoms with Crippen molar-refractivity contribution in [1.82, 2.24) is 14.5 Å². The Labute approximate surface area is 196 Å². The van der Waals surface area contributed by atoms with Crippen molar-refractivity contribution in [2.45, 2.75) is 34.8 Å². The van der Waals surface area contributed by atoms with E-state index in [9.17, 15) is 13.2 Å². The summed E-state index contributed by atoms with van der Waals surface area (Å²) in [6, 6.07) is 14.5. The third kappa shape index (κ3) is 5.37. The zero-order valence-electron chi connectivity index (χ0n) is 17.7. The number of ketones is 1. The highest BCUT2D eigenvalue weighted by molar-refractivity contribution is 8.00. The number of Topliss-reactive ketones (excluding diaryl/α,β-unsaturated/α-hetero) is 1. The van der Waals surface area contributed by atoms with Crippen molar-refractivity contribution in [3.8, 4) is 0 Å². The second-order valence-electron chi connectivity index (χ2n) is 7.50. The van der Waals surface area contributed by atoms with Crippen LogP contribution in [0.25, 0.3) is 0 Å². The zero-order chi connectivity index (χ0) is 22.6. The fourth-order valence-electron chi connectivity index (χ4n) is 3.42. The molecule has 1 N–H and O–H groups in total. The Balaban J connectivity index is 1.35. The maximum Gasteiger partial charge on any atom is 0.243 e. The molecule has 7 nitrogen and oxygen atoms in total. The maximum absolute atomic E-state index is 12.8. The van der Waals surface area contributed by atoms with Crippen LogP contribution in [0, 0.1) is 6.92 Å². The molecule has 2 heterocycles. The molecule has 168 valence electrons. The minimum atomic E-state index is -3.55. The summed E-state index contributed by atoms with van der Waals surface area (Å²) < 4.78 is 27.8. The van der Waals surface area contributed by atoms with Crippen LogP contribution in [0.15, 0.2) is 57.8 Å². The number of aryl methyl sites for hydroxylation is 1. The molecule has 0 aliphatic carbocycles. The first-order chi connectivity index (χ1) is 15.4. The average molecular weight is 489 g/mol. The monoisotopic (exact) mass is 488 g/mol. The molecule has 1 saturated heterocycles. The number of rotatable bonds is 9. The number of carbonyl (C=O) groups is 1. The van der Waals surface area contributed by atoms with Gasteiger partial charge in [0.1, 0.15) is 0 Å². The largest absolute Gasteiger partial charge is 0.353 e. The Bertz CT molecular complexity index is 1200. The summed E-state index contributed by atoms with van der Waals surface area (Å²) in [6.07, 6.45) is 1.74. The number of nitrogens with one attached hydrogen (secondary N) is 1. The second-order valence-corrected chi connectivity index (χ2v) is 11.6. The van der Waals surface area contributed by atoms with Crippen molar-refractivity contribution < 1.29 is 13.2 Å². The van der Waals surface area contributed by atoms with Crippen LogP contribution in [0.5, 0.6) is 0 Å². The van der Waals surface area contributed by atoms with E-state index in [0.717, 1.165) is 22.9 Å². The summed E-state index contributed by atoms with van der Waals surface area (Å²) in [5, 5.41) is 11.9. The van der Waals surface area contributed by atoms with Crippen molar-refractivity contribution in [2.75, 3.05) is 25.0 Å². The second kappa shape index (κ2) is 10.1. The van der Waals surface area contributed by atoms with E-state index in [-0.39, 0.29) is 17.2 Å². The number of anilines is 1.